The van der Waals surface area contributed by atoms with Gasteiger partial charge in [-0.15, -0.1) is 6.58 Å². The van der Waals surface area contributed by atoms with Gasteiger partial charge in [0.1, 0.15) is 0 Å². The minimum Gasteiger partial charge on any atom is -0.299 e. The van der Waals surface area contributed by atoms with Gasteiger partial charge in [0.05, 0.1) is 6.61 Å². The summed E-state index contributed by atoms with van der Waals surface area (Å²) in [6, 6.07) is 0. The third-order valence-corrected chi connectivity index (χ3v) is 0.671. The molecule has 0 bridgehead atoms. The van der Waals surface area contributed by atoms with Gasteiger partial charge in [0, 0.05) is 14.1 Å². The van der Waals surface area contributed by atoms with Crippen LogP contribution in [0.3, 0.4) is 0 Å². The van der Waals surface area contributed by atoms with Crippen LogP contribution in [0.1, 0.15) is 6.42 Å². The first-order valence-corrected chi connectivity index (χ1v) is 2.68. The highest BCUT2D eigenvalue weighted by molar-refractivity contribution is 4.64. The lowest BCUT2D eigenvalue weighted by atomic mass is 10.5. The lowest BCUT2D eigenvalue weighted by Gasteiger charge is -2.07. The van der Waals surface area contributed by atoms with E-state index >= 15 is 0 Å². The highest BCUT2D eigenvalue weighted by Gasteiger charge is 1.83. The van der Waals surface area contributed by atoms with Crippen molar-refractivity contribution in [2.45, 2.75) is 6.42 Å². The molecule has 0 aliphatic rings. The van der Waals surface area contributed by atoms with Crippen LogP contribution in [-0.2, 0) is 4.84 Å². The molecule has 0 radical (unpaired) electrons. The first kappa shape index (κ1) is 7.66. The van der Waals surface area contributed by atoms with E-state index in [-0.39, 0.29) is 0 Å². The van der Waals surface area contributed by atoms with Gasteiger partial charge in [0.25, 0.3) is 0 Å². The van der Waals surface area contributed by atoms with Crippen LogP contribution in [0.15, 0.2) is 12.7 Å². The SMILES string of the molecule is C=CCCON(C)C. The van der Waals surface area contributed by atoms with Gasteiger partial charge in [-0.1, -0.05) is 6.08 Å². The van der Waals surface area contributed by atoms with Crippen molar-refractivity contribution in [3.05, 3.63) is 12.7 Å². The molecule has 0 saturated carbocycles. The first-order valence-electron chi connectivity index (χ1n) is 2.68. The Morgan fingerprint density at radius 1 is 1.62 bits per heavy atom. The molecule has 48 valence electrons. The molecule has 0 aromatic rings. The smallest absolute Gasteiger partial charge is 0.0719 e. The molecule has 0 aliphatic heterocycles. The van der Waals surface area contributed by atoms with Crippen LogP contribution >= 0.6 is 0 Å². The summed E-state index contributed by atoms with van der Waals surface area (Å²) < 4.78 is 0. The van der Waals surface area contributed by atoms with Crippen LogP contribution in [0.25, 0.3) is 0 Å². The number of hydroxylamine groups is 2. The van der Waals surface area contributed by atoms with E-state index < -0.39 is 0 Å². The Morgan fingerprint density at radius 2 is 2.25 bits per heavy atom. The van der Waals surface area contributed by atoms with E-state index in [1.807, 2.05) is 20.2 Å². The largest absolute Gasteiger partial charge is 0.299 e. The monoisotopic (exact) mass is 115 g/mol. The van der Waals surface area contributed by atoms with Crippen LogP contribution in [0, 0.1) is 0 Å². The molecule has 8 heavy (non-hydrogen) atoms. The summed E-state index contributed by atoms with van der Waals surface area (Å²) >= 11 is 0. The molecule has 2 heteroatoms. The maximum absolute atomic E-state index is 5.04. The van der Waals surface area contributed by atoms with Gasteiger partial charge in [0.15, 0.2) is 0 Å². The maximum atomic E-state index is 5.04. The molecule has 0 amide bonds. The Labute approximate surface area is 50.7 Å². The fourth-order valence-electron chi connectivity index (χ4n) is 0.319. The van der Waals surface area contributed by atoms with Crippen LogP contribution in [-0.4, -0.2) is 25.8 Å². The topological polar surface area (TPSA) is 12.5 Å². The Hall–Kier alpha value is -0.340. The zero-order valence-corrected chi connectivity index (χ0v) is 5.55. The number of rotatable bonds is 4. The van der Waals surface area contributed by atoms with E-state index in [0.717, 1.165) is 13.0 Å². The van der Waals surface area contributed by atoms with E-state index in [4.69, 9.17) is 4.84 Å². The zero-order chi connectivity index (χ0) is 6.41. The van der Waals surface area contributed by atoms with Crippen LogP contribution in [0.4, 0.5) is 0 Å². The predicted octanol–water partition coefficient (Wildman–Crippen LogP) is 1.06. The van der Waals surface area contributed by atoms with E-state index in [1.54, 1.807) is 5.06 Å². The first-order chi connectivity index (χ1) is 3.77. The minimum atomic E-state index is 0.733. The van der Waals surface area contributed by atoms with Gasteiger partial charge in [-0.25, -0.2) is 0 Å². The third kappa shape index (κ3) is 5.66. The van der Waals surface area contributed by atoms with Gasteiger partial charge < -0.3 is 0 Å². The number of hydrogen-bond acceptors (Lipinski definition) is 2. The fourth-order valence-corrected chi connectivity index (χ4v) is 0.319. The predicted molar refractivity (Wildman–Crippen MR) is 34.5 cm³/mol. The third-order valence-electron chi connectivity index (χ3n) is 0.671. The molecule has 0 saturated heterocycles. The van der Waals surface area contributed by atoms with Crippen molar-refractivity contribution in [2.24, 2.45) is 0 Å². The molecule has 0 unspecified atom stereocenters. The van der Waals surface area contributed by atoms with E-state index in [9.17, 15) is 0 Å². The van der Waals surface area contributed by atoms with Gasteiger partial charge in [-0.2, -0.15) is 5.06 Å². The number of hydrogen-bond donors (Lipinski definition) is 0. The summed E-state index contributed by atoms with van der Waals surface area (Å²) in [5, 5.41) is 1.68. The van der Waals surface area contributed by atoms with E-state index in [2.05, 4.69) is 6.58 Å². The highest BCUT2D eigenvalue weighted by Crippen LogP contribution is 1.83. The molecule has 2 nitrogen and oxygen atoms in total. The zero-order valence-electron chi connectivity index (χ0n) is 5.55. The van der Waals surface area contributed by atoms with Crippen molar-refractivity contribution >= 4 is 0 Å². The van der Waals surface area contributed by atoms with Gasteiger partial charge in [-0.05, 0) is 6.42 Å². The molecule has 0 heterocycles. The Bertz CT molecular complexity index is 61.5. The summed E-state index contributed by atoms with van der Waals surface area (Å²) in [5.41, 5.74) is 0. The van der Waals surface area contributed by atoms with Gasteiger partial charge in [0.2, 0.25) is 0 Å². The van der Waals surface area contributed by atoms with Crippen molar-refractivity contribution in [3.8, 4) is 0 Å². The Kier molecular flexibility index (Phi) is 4.61. The lowest BCUT2D eigenvalue weighted by molar-refractivity contribution is -0.117. The average molecular weight is 115 g/mol. The maximum Gasteiger partial charge on any atom is 0.0719 e. The summed E-state index contributed by atoms with van der Waals surface area (Å²) in [5.74, 6) is 0. The molecule has 0 rings (SSSR count). The summed E-state index contributed by atoms with van der Waals surface area (Å²) in [6.07, 6.45) is 2.75. The standard InChI is InChI=1S/C6H13NO/c1-4-5-6-8-7(2)3/h4H,1,5-6H2,2-3H3. The quantitative estimate of drug-likeness (QED) is 0.308. The molecule has 0 aromatic carbocycles. The molecule has 0 spiro atoms. The van der Waals surface area contributed by atoms with Crippen molar-refractivity contribution < 1.29 is 4.84 Å². The normalized spacial score (nSPS) is 9.88. The number of nitrogens with zero attached hydrogens (tertiary/aromatic N) is 1. The molecule has 0 fully saturated rings. The van der Waals surface area contributed by atoms with E-state index in [0.29, 0.717) is 0 Å². The second kappa shape index (κ2) is 4.81. The van der Waals surface area contributed by atoms with Crippen molar-refractivity contribution in [1.29, 1.82) is 0 Å². The van der Waals surface area contributed by atoms with Crippen LogP contribution in [0.2, 0.25) is 0 Å². The van der Waals surface area contributed by atoms with Crippen molar-refractivity contribution in [3.63, 3.8) is 0 Å². The molecule has 0 aromatic heterocycles. The van der Waals surface area contributed by atoms with Gasteiger partial charge in [-0.3, -0.25) is 4.84 Å². The minimum absolute atomic E-state index is 0.733. The van der Waals surface area contributed by atoms with Gasteiger partial charge >= 0.3 is 0 Å². The summed E-state index contributed by atoms with van der Waals surface area (Å²) in [6.45, 7) is 4.29. The Morgan fingerprint density at radius 3 is 2.62 bits per heavy atom. The fraction of sp³-hybridized carbons (Fsp3) is 0.667. The lowest BCUT2D eigenvalue weighted by Crippen LogP contribution is -2.12. The molecule has 0 N–H and O–H groups in total. The Balaban J connectivity index is 2.81. The van der Waals surface area contributed by atoms with Crippen molar-refractivity contribution in [1.82, 2.24) is 5.06 Å². The summed E-state index contributed by atoms with van der Waals surface area (Å²) in [4.78, 5) is 5.04. The average Bonchev–Trinajstić information content (AvgIpc) is 1.66. The van der Waals surface area contributed by atoms with Crippen LogP contribution in [0.5, 0.6) is 0 Å². The second-order valence-electron chi connectivity index (χ2n) is 1.72. The molecular weight excluding hydrogens is 102 g/mol. The molecule has 0 atom stereocenters. The van der Waals surface area contributed by atoms with Crippen molar-refractivity contribution in [2.75, 3.05) is 20.7 Å². The molecular formula is C6H13NO. The molecule has 0 aliphatic carbocycles. The second-order valence-corrected chi connectivity index (χ2v) is 1.72. The highest BCUT2D eigenvalue weighted by atomic mass is 16.7. The van der Waals surface area contributed by atoms with Crippen LogP contribution < -0.4 is 0 Å². The van der Waals surface area contributed by atoms with E-state index in [1.165, 1.54) is 0 Å². The summed E-state index contributed by atoms with van der Waals surface area (Å²) in [7, 11) is 3.73.